The number of aromatic nitrogens is 1. The van der Waals surface area contributed by atoms with Crippen LogP contribution in [0.5, 0.6) is 0 Å². The van der Waals surface area contributed by atoms with Gasteiger partial charge in [-0.25, -0.2) is 0 Å². The summed E-state index contributed by atoms with van der Waals surface area (Å²) in [5.41, 5.74) is 9.43. The quantitative estimate of drug-likeness (QED) is 0.307. The van der Waals surface area contributed by atoms with Crippen molar-refractivity contribution in [2.45, 2.75) is 51.9 Å². The van der Waals surface area contributed by atoms with Crippen molar-refractivity contribution >= 4 is 10.8 Å². The average Bonchev–Trinajstić information content (AvgIpc) is 2.81. The number of hydrogen-bond acceptors (Lipinski definition) is 0. The third kappa shape index (κ3) is 3.78. The monoisotopic (exact) mass is 406 g/mol. The van der Waals surface area contributed by atoms with Gasteiger partial charge in [0.05, 0.1) is 5.39 Å². The summed E-state index contributed by atoms with van der Waals surface area (Å²) < 4.78 is 2.37. The van der Waals surface area contributed by atoms with Crippen LogP contribution in [-0.2, 0) is 7.05 Å². The van der Waals surface area contributed by atoms with Crippen LogP contribution in [0.15, 0.2) is 72.8 Å². The maximum absolute atomic E-state index is 2.49. The molecule has 1 aliphatic carbocycles. The van der Waals surface area contributed by atoms with Crippen LogP contribution in [0.25, 0.3) is 33.2 Å². The zero-order valence-corrected chi connectivity index (χ0v) is 19.0. The van der Waals surface area contributed by atoms with E-state index in [-0.39, 0.29) is 0 Å². The normalized spacial score (nSPS) is 14.8. The van der Waals surface area contributed by atoms with Gasteiger partial charge in [0.15, 0.2) is 5.69 Å². The second-order valence-electron chi connectivity index (χ2n) is 9.27. The Morgan fingerprint density at radius 3 is 2.29 bits per heavy atom. The minimum absolute atomic E-state index is 0.721. The Balaban J connectivity index is 1.68. The second-order valence-corrected chi connectivity index (χ2v) is 9.27. The van der Waals surface area contributed by atoms with Gasteiger partial charge in [-0.3, -0.25) is 0 Å². The largest absolute Gasteiger partial charge is 0.220 e. The Morgan fingerprint density at radius 1 is 0.742 bits per heavy atom. The Bertz CT molecular complexity index is 1230. The third-order valence-corrected chi connectivity index (χ3v) is 7.24. The lowest BCUT2D eigenvalue weighted by Gasteiger charge is -2.23. The average molecular weight is 407 g/mol. The van der Waals surface area contributed by atoms with Crippen LogP contribution in [-0.4, -0.2) is 0 Å². The molecule has 0 spiro atoms. The molecule has 156 valence electrons. The molecule has 0 radical (unpaired) electrons. The van der Waals surface area contributed by atoms with Gasteiger partial charge in [0.25, 0.3) is 0 Å². The summed E-state index contributed by atoms with van der Waals surface area (Å²) in [5.74, 6) is 0.721. The molecule has 1 nitrogen and oxygen atoms in total. The Hall–Kier alpha value is -2.93. The van der Waals surface area contributed by atoms with Crippen molar-refractivity contribution in [3.63, 3.8) is 0 Å². The van der Waals surface area contributed by atoms with Crippen molar-refractivity contribution in [2.24, 2.45) is 7.05 Å². The van der Waals surface area contributed by atoms with Gasteiger partial charge in [0.2, 0.25) is 5.69 Å². The number of hydrogen-bond donors (Lipinski definition) is 0. The van der Waals surface area contributed by atoms with Gasteiger partial charge in [-0.2, -0.15) is 4.57 Å². The predicted octanol–water partition coefficient (Wildman–Crippen LogP) is 7.66. The first-order valence-electron chi connectivity index (χ1n) is 11.7. The molecule has 1 fully saturated rings. The molecular formula is C30H32N+. The topological polar surface area (TPSA) is 3.88 Å². The van der Waals surface area contributed by atoms with Gasteiger partial charge < -0.3 is 0 Å². The van der Waals surface area contributed by atoms with Gasteiger partial charge in [-0.05, 0) is 71.5 Å². The van der Waals surface area contributed by atoms with E-state index in [0.717, 1.165) is 5.92 Å². The Kier molecular flexibility index (Phi) is 5.36. The lowest BCUT2D eigenvalue weighted by Crippen LogP contribution is -2.35. The van der Waals surface area contributed by atoms with E-state index in [4.69, 9.17) is 0 Å². The van der Waals surface area contributed by atoms with Crippen LogP contribution in [0.4, 0.5) is 0 Å². The first-order valence-corrected chi connectivity index (χ1v) is 11.7. The second kappa shape index (κ2) is 8.30. The minimum Gasteiger partial charge on any atom is -0.198 e. The molecule has 1 aromatic heterocycles. The van der Waals surface area contributed by atoms with Crippen molar-refractivity contribution in [2.75, 3.05) is 0 Å². The summed E-state index contributed by atoms with van der Waals surface area (Å²) in [7, 11) is 2.21. The van der Waals surface area contributed by atoms with Crippen molar-refractivity contribution in [1.82, 2.24) is 0 Å². The van der Waals surface area contributed by atoms with Crippen LogP contribution >= 0.6 is 0 Å². The fourth-order valence-corrected chi connectivity index (χ4v) is 5.30. The van der Waals surface area contributed by atoms with Crippen LogP contribution in [0.1, 0.15) is 54.8 Å². The number of benzene rings is 3. The molecule has 0 amide bonds. The van der Waals surface area contributed by atoms with Gasteiger partial charge in [-0.15, -0.1) is 0 Å². The highest BCUT2D eigenvalue weighted by molar-refractivity contribution is 5.96. The summed E-state index contributed by atoms with van der Waals surface area (Å²) in [5, 5.41) is 2.64. The summed E-state index contributed by atoms with van der Waals surface area (Å²) >= 11 is 0. The zero-order chi connectivity index (χ0) is 21.4. The highest BCUT2D eigenvalue weighted by Gasteiger charge is 2.22. The SMILES string of the molecule is Cc1ccc(C2CCCCC2)cc1-c1c2ccc(-c3ccccc3)cc2cc(C)[n+]1C. The molecule has 1 saturated carbocycles. The smallest absolute Gasteiger partial charge is 0.198 e. The highest BCUT2D eigenvalue weighted by atomic mass is 14.9. The van der Waals surface area contributed by atoms with E-state index in [0.29, 0.717) is 0 Å². The fourth-order valence-electron chi connectivity index (χ4n) is 5.30. The van der Waals surface area contributed by atoms with Crippen LogP contribution in [0, 0.1) is 13.8 Å². The molecule has 0 atom stereocenters. The molecule has 31 heavy (non-hydrogen) atoms. The van der Waals surface area contributed by atoms with Crippen LogP contribution in [0.3, 0.4) is 0 Å². The fraction of sp³-hybridized carbons (Fsp3) is 0.300. The summed E-state index contributed by atoms with van der Waals surface area (Å²) in [6.07, 6.45) is 6.82. The van der Waals surface area contributed by atoms with Crippen LogP contribution < -0.4 is 4.57 Å². The van der Waals surface area contributed by atoms with Gasteiger partial charge in [0, 0.05) is 18.6 Å². The van der Waals surface area contributed by atoms with E-state index < -0.39 is 0 Å². The highest BCUT2D eigenvalue weighted by Crippen LogP contribution is 2.37. The molecule has 0 saturated heterocycles. The van der Waals surface area contributed by atoms with Crippen LogP contribution in [0.2, 0.25) is 0 Å². The zero-order valence-electron chi connectivity index (χ0n) is 19.0. The van der Waals surface area contributed by atoms with Crippen molar-refractivity contribution in [1.29, 1.82) is 0 Å². The molecule has 5 rings (SSSR count). The molecule has 1 heterocycles. The molecule has 0 N–H and O–H groups in total. The lowest BCUT2D eigenvalue weighted by atomic mass is 9.82. The number of rotatable bonds is 3. The third-order valence-electron chi connectivity index (χ3n) is 7.24. The van der Waals surface area contributed by atoms with Crippen molar-refractivity contribution in [3.8, 4) is 22.4 Å². The Labute approximate surface area is 186 Å². The molecule has 1 heteroatoms. The number of pyridine rings is 1. The van der Waals surface area contributed by atoms with Gasteiger partial charge in [-0.1, -0.05) is 67.8 Å². The number of nitrogens with zero attached hydrogens (tertiary/aromatic N) is 1. The number of aryl methyl sites for hydroxylation is 2. The summed E-state index contributed by atoms with van der Waals surface area (Å²) in [4.78, 5) is 0. The van der Waals surface area contributed by atoms with E-state index in [1.165, 1.54) is 82.1 Å². The van der Waals surface area contributed by atoms with E-state index >= 15 is 0 Å². The van der Waals surface area contributed by atoms with Gasteiger partial charge in [0.1, 0.15) is 7.05 Å². The lowest BCUT2D eigenvalue weighted by molar-refractivity contribution is -0.665. The molecular weight excluding hydrogens is 374 g/mol. The molecule has 1 aliphatic rings. The molecule has 3 aromatic carbocycles. The standard InChI is InChI=1S/C30H32N/c1-21-14-15-26(24-12-8-5-9-13-24)20-29(21)30-28-17-16-25(23-10-6-4-7-11-23)19-27(28)18-22(2)31(30)3/h4,6-7,10-11,14-20,24H,5,8-9,12-13H2,1-3H3/q+1. The maximum atomic E-state index is 2.49. The summed E-state index contributed by atoms with van der Waals surface area (Å²) in [6, 6.07) is 27.2. The molecule has 0 aliphatic heterocycles. The van der Waals surface area contributed by atoms with E-state index in [1.54, 1.807) is 0 Å². The Morgan fingerprint density at radius 2 is 1.52 bits per heavy atom. The van der Waals surface area contributed by atoms with E-state index in [1.807, 2.05) is 0 Å². The van der Waals surface area contributed by atoms with E-state index in [2.05, 4.69) is 98.3 Å². The van der Waals surface area contributed by atoms with Gasteiger partial charge >= 0.3 is 0 Å². The van der Waals surface area contributed by atoms with Crippen molar-refractivity contribution in [3.05, 3.63) is 89.6 Å². The first kappa shape index (κ1) is 20.0. The maximum Gasteiger partial charge on any atom is 0.220 e. The predicted molar refractivity (Wildman–Crippen MR) is 131 cm³/mol. The first-order chi connectivity index (χ1) is 15.1. The molecule has 0 unspecified atom stereocenters. The molecule has 4 aromatic rings. The summed E-state index contributed by atoms with van der Waals surface area (Å²) in [6.45, 7) is 4.48. The number of fused-ring (bicyclic) bond motifs is 1. The minimum atomic E-state index is 0.721. The molecule has 0 bridgehead atoms. The van der Waals surface area contributed by atoms with Crippen molar-refractivity contribution < 1.29 is 4.57 Å². The van der Waals surface area contributed by atoms with E-state index in [9.17, 15) is 0 Å².